The third-order valence-corrected chi connectivity index (χ3v) is 9.03. The number of para-hydroxylation sites is 1. The lowest BCUT2D eigenvalue weighted by molar-refractivity contribution is -0.286. The average Bonchev–Trinajstić information content (AvgIpc) is 3.56. The number of ether oxygens (including phenoxy) is 2. The van der Waals surface area contributed by atoms with Crippen LogP contribution in [-0.2, 0) is 22.9 Å². The zero-order valence-electron chi connectivity index (χ0n) is 21.8. The number of imidazole rings is 1. The number of hydrogen-bond acceptors (Lipinski definition) is 7. The summed E-state index contributed by atoms with van der Waals surface area (Å²) in [6.45, 7) is 1.93. The van der Waals surface area contributed by atoms with Gasteiger partial charge in [0.1, 0.15) is 5.82 Å². The number of carbonyl (C=O) groups excluding carboxylic acids is 1. The van der Waals surface area contributed by atoms with Crippen molar-refractivity contribution in [3.05, 3.63) is 83.2 Å². The molecule has 0 radical (unpaired) electrons. The van der Waals surface area contributed by atoms with Crippen LogP contribution in [0.15, 0.2) is 65.6 Å². The number of halogens is 2. The molecule has 9 nitrogen and oxygen atoms in total. The summed E-state index contributed by atoms with van der Waals surface area (Å²) in [6.07, 6.45) is -3.12. The number of nitrogens with one attached hydrogen (secondary N) is 1. The van der Waals surface area contributed by atoms with Gasteiger partial charge < -0.3 is 19.4 Å². The van der Waals surface area contributed by atoms with Gasteiger partial charge in [-0.2, -0.15) is 5.26 Å². The molecule has 2 atom stereocenters. The maximum absolute atomic E-state index is 13.8. The van der Waals surface area contributed by atoms with Gasteiger partial charge in [-0.25, -0.2) is 13.4 Å². The van der Waals surface area contributed by atoms with Crippen LogP contribution in [-0.4, -0.2) is 35.9 Å². The molecule has 12 heteroatoms. The van der Waals surface area contributed by atoms with Crippen LogP contribution in [0.3, 0.4) is 0 Å². The Labute approximate surface area is 234 Å². The Bertz CT molecular complexity index is 1830. The maximum atomic E-state index is 13.8. The molecular formula is C29H24F2N4O5S. The molecule has 0 spiro atoms. The van der Waals surface area contributed by atoms with E-state index in [1.165, 1.54) is 18.2 Å². The molecule has 4 aromatic rings. The van der Waals surface area contributed by atoms with Crippen LogP contribution in [0.4, 0.5) is 8.78 Å². The fraction of sp³-hybridized carbons (Fsp3) is 0.276. The first-order chi connectivity index (χ1) is 19.6. The first-order valence-corrected chi connectivity index (χ1v) is 14.6. The van der Waals surface area contributed by atoms with E-state index < -0.39 is 16.1 Å². The summed E-state index contributed by atoms with van der Waals surface area (Å²) in [6, 6.07) is 18.3. The summed E-state index contributed by atoms with van der Waals surface area (Å²) in [5, 5.41) is 12.3. The summed E-state index contributed by atoms with van der Waals surface area (Å²) in [7, 11) is -3.31. The summed E-state index contributed by atoms with van der Waals surface area (Å²) < 4.78 is 62.8. The lowest BCUT2D eigenvalue weighted by atomic mass is 10.1. The van der Waals surface area contributed by atoms with Crippen LogP contribution in [0, 0.1) is 17.2 Å². The van der Waals surface area contributed by atoms with Crippen LogP contribution in [0.5, 0.6) is 11.5 Å². The highest BCUT2D eigenvalue weighted by molar-refractivity contribution is 7.91. The number of amides is 1. The second kappa shape index (κ2) is 9.85. The molecule has 1 saturated carbocycles. The number of benzene rings is 3. The van der Waals surface area contributed by atoms with E-state index in [-0.39, 0.29) is 53.0 Å². The maximum Gasteiger partial charge on any atom is 0.586 e. The van der Waals surface area contributed by atoms with Gasteiger partial charge in [-0.3, -0.25) is 4.79 Å². The van der Waals surface area contributed by atoms with Crippen molar-refractivity contribution in [2.24, 2.45) is 5.92 Å². The molecule has 1 aliphatic carbocycles. The SMILES string of the molecule is CCS(=O)(=O)c1ccc(CNC(=O)c2ccc3c(c2)nc([C@H]2C[C@H]2C#N)n3Cc2cccc3c2OC(F)(F)O3)cc1. The number of nitrogens with zero attached hydrogens (tertiary/aromatic N) is 3. The molecule has 0 unspecified atom stereocenters. The Morgan fingerprint density at radius 3 is 2.66 bits per heavy atom. The van der Waals surface area contributed by atoms with Crippen molar-refractivity contribution < 1.29 is 31.5 Å². The molecule has 1 aliphatic heterocycles. The van der Waals surface area contributed by atoms with Crippen LogP contribution in [0.1, 0.15) is 46.6 Å². The number of sulfone groups is 1. The third-order valence-electron chi connectivity index (χ3n) is 7.28. The van der Waals surface area contributed by atoms with Crippen LogP contribution in [0.2, 0.25) is 0 Å². The van der Waals surface area contributed by atoms with Crippen LogP contribution in [0.25, 0.3) is 11.0 Å². The standard InChI is InChI=1S/C29H24F2N4O5S/c1-2-41(37,38)21-9-6-17(7-10-21)15-33-28(36)18-8-11-24-23(13-18)34-27(22-12-20(22)14-32)35(24)16-19-4-3-5-25-26(19)40-29(30,31)39-25/h3-11,13,20,22H,2,12,15-16H2,1H3,(H,33,36)/t20-,22-/m0/s1. The highest BCUT2D eigenvalue weighted by Crippen LogP contribution is 2.48. The Morgan fingerprint density at radius 1 is 1.17 bits per heavy atom. The van der Waals surface area contributed by atoms with E-state index >= 15 is 0 Å². The molecule has 1 amide bonds. The van der Waals surface area contributed by atoms with Crippen molar-refractivity contribution in [2.75, 3.05) is 5.75 Å². The van der Waals surface area contributed by atoms with Crippen LogP contribution < -0.4 is 14.8 Å². The van der Waals surface area contributed by atoms with E-state index in [4.69, 9.17) is 9.72 Å². The van der Waals surface area contributed by atoms with Crippen molar-refractivity contribution in [1.82, 2.24) is 14.9 Å². The number of alkyl halides is 2. The van der Waals surface area contributed by atoms with Crippen molar-refractivity contribution >= 4 is 26.8 Å². The largest absolute Gasteiger partial charge is 0.586 e. The second-order valence-corrected chi connectivity index (χ2v) is 12.3. The molecular weight excluding hydrogens is 554 g/mol. The molecule has 2 aliphatic rings. The predicted octanol–water partition coefficient (Wildman–Crippen LogP) is 4.76. The Kier molecular flexibility index (Phi) is 6.42. The first-order valence-electron chi connectivity index (χ1n) is 13.0. The molecule has 0 saturated heterocycles. The molecule has 0 bridgehead atoms. The van der Waals surface area contributed by atoms with E-state index in [0.29, 0.717) is 34.4 Å². The minimum Gasteiger partial charge on any atom is -0.395 e. The number of hydrogen-bond donors (Lipinski definition) is 1. The average molecular weight is 579 g/mol. The first kappa shape index (κ1) is 26.7. The van der Waals surface area contributed by atoms with Gasteiger partial charge in [0.2, 0.25) is 0 Å². The van der Waals surface area contributed by atoms with Crippen molar-refractivity contribution in [1.29, 1.82) is 5.26 Å². The molecule has 41 heavy (non-hydrogen) atoms. The van der Waals surface area contributed by atoms with E-state index in [2.05, 4.69) is 16.1 Å². The minimum absolute atomic E-state index is 0.00658. The van der Waals surface area contributed by atoms with Gasteiger partial charge in [-0.05, 0) is 48.4 Å². The Balaban J connectivity index is 1.26. The highest BCUT2D eigenvalue weighted by Gasteiger charge is 2.45. The smallest absolute Gasteiger partial charge is 0.395 e. The van der Waals surface area contributed by atoms with Gasteiger partial charge in [-0.1, -0.05) is 31.2 Å². The Morgan fingerprint density at radius 2 is 1.95 bits per heavy atom. The van der Waals surface area contributed by atoms with Gasteiger partial charge >= 0.3 is 6.29 Å². The van der Waals surface area contributed by atoms with Gasteiger partial charge in [0, 0.05) is 23.6 Å². The summed E-state index contributed by atoms with van der Waals surface area (Å²) in [4.78, 5) is 17.9. The predicted molar refractivity (Wildman–Crippen MR) is 143 cm³/mol. The molecule has 210 valence electrons. The van der Waals surface area contributed by atoms with Gasteiger partial charge in [0.05, 0.1) is 40.2 Å². The minimum atomic E-state index is -3.75. The van der Waals surface area contributed by atoms with Crippen molar-refractivity contribution in [3.63, 3.8) is 0 Å². The van der Waals surface area contributed by atoms with Crippen molar-refractivity contribution in [2.45, 2.75) is 43.5 Å². The fourth-order valence-electron chi connectivity index (χ4n) is 4.95. The number of nitriles is 1. The number of carbonyl (C=O) groups is 1. The molecule has 6 rings (SSSR count). The van der Waals surface area contributed by atoms with Gasteiger partial charge in [0.25, 0.3) is 5.91 Å². The van der Waals surface area contributed by atoms with E-state index in [9.17, 15) is 27.3 Å². The molecule has 1 fully saturated rings. The van der Waals surface area contributed by atoms with E-state index in [1.807, 2.05) is 4.57 Å². The second-order valence-electron chi connectivity index (χ2n) is 9.98. The summed E-state index contributed by atoms with van der Waals surface area (Å²) in [5.41, 5.74) is 2.78. The summed E-state index contributed by atoms with van der Waals surface area (Å²) >= 11 is 0. The third kappa shape index (κ3) is 5.09. The topological polar surface area (TPSA) is 123 Å². The number of aromatic nitrogens is 2. The molecule has 1 N–H and O–H groups in total. The van der Waals surface area contributed by atoms with Gasteiger partial charge in [-0.15, -0.1) is 8.78 Å². The fourth-order valence-corrected chi connectivity index (χ4v) is 5.83. The molecule has 2 heterocycles. The molecule has 3 aromatic carbocycles. The Hall–Kier alpha value is -4.50. The van der Waals surface area contributed by atoms with E-state index in [0.717, 1.165) is 5.56 Å². The quantitative estimate of drug-likeness (QED) is 0.320. The zero-order valence-corrected chi connectivity index (χ0v) is 22.6. The summed E-state index contributed by atoms with van der Waals surface area (Å²) in [5.74, 6) is -0.114. The number of fused-ring (bicyclic) bond motifs is 2. The van der Waals surface area contributed by atoms with Gasteiger partial charge in [0.15, 0.2) is 21.3 Å². The van der Waals surface area contributed by atoms with Crippen molar-refractivity contribution in [3.8, 4) is 17.6 Å². The lowest BCUT2D eigenvalue weighted by Crippen LogP contribution is -2.26. The highest BCUT2D eigenvalue weighted by atomic mass is 32.2. The molecule has 1 aromatic heterocycles. The zero-order chi connectivity index (χ0) is 28.9. The van der Waals surface area contributed by atoms with E-state index in [1.54, 1.807) is 49.4 Å². The normalized spacial score (nSPS) is 18.7. The number of rotatable bonds is 8. The lowest BCUT2D eigenvalue weighted by Gasteiger charge is -2.12. The van der Waals surface area contributed by atoms with Crippen LogP contribution >= 0.6 is 0 Å². The monoisotopic (exact) mass is 578 g/mol.